The van der Waals surface area contributed by atoms with Crippen molar-refractivity contribution in [2.45, 2.75) is 18.9 Å². The molecule has 98 valence electrons. The fourth-order valence-electron chi connectivity index (χ4n) is 1.86. The summed E-state index contributed by atoms with van der Waals surface area (Å²) in [5.41, 5.74) is -0.942. The number of rotatable bonds is 3. The molecule has 0 radical (unpaired) electrons. The Morgan fingerprint density at radius 2 is 2.11 bits per heavy atom. The normalized spacial score (nSPS) is 18.8. The number of carbonyl (C=O) groups excluding carboxylic acids is 1. The molecule has 0 bridgehead atoms. The van der Waals surface area contributed by atoms with E-state index < -0.39 is 11.2 Å². The topological polar surface area (TPSA) is 98.0 Å². The molecule has 8 nitrogen and oxygen atoms in total. The molecular weight excluding hydrogens is 238 g/mol. The molecule has 1 amide bonds. The van der Waals surface area contributed by atoms with Gasteiger partial charge in [0.2, 0.25) is 11.7 Å². The fourth-order valence-corrected chi connectivity index (χ4v) is 1.86. The molecule has 8 heteroatoms. The molecule has 2 N–H and O–H groups in total. The van der Waals surface area contributed by atoms with Gasteiger partial charge in [0.1, 0.15) is 0 Å². The maximum atomic E-state index is 11.7. The van der Waals surface area contributed by atoms with Crippen molar-refractivity contribution in [2.24, 2.45) is 14.1 Å². The molecule has 1 aromatic heterocycles. The lowest BCUT2D eigenvalue weighted by Crippen LogP contribution is -2.41. The molecule has 0 aliphatic carbocycles. The predicted octanol–water partition coefficient (Wildman–Crippen LogP) is -1.83. The highest BCUT2D eigenvalue weighted by atomic mass is 16.2. The van der Waals surface area contributed by atoms with Crippen LogP contribution in [-0.2, 0) is 18.9 Å². The number of anilines is 1. The monoisotopic (exact) mass is 253 g/mol. The van der Waals surface area contributed by atoms with Crippen molar-refractivity contribution in [3.63, 3.8) is 0 Å². The first-order valence-corrected chi connectivity index (χ1v) is 5.66. The van der Waals surface area contributed by atoms with Gasteiger partial charge in [0, 0.05) is 33.1 Å². The zero-order chi connectivity index (χ0) is 13.3. The standard InChI is InChI=1S/C10H15N5O3/c1-14-9(17)8(13-15(2)10(14)18)11-5-6-3-4-7(16)12-6/h6H,3-5H2,1-2H3,(H,11,13)(H,12,16). The van der Waals surface area contributed by atoms with Gasteiger partial charge < -0.3 is 10.6 Å². The number of carbonyl (C=O) groups is 1. The Hall–Kier alpha value is -2.12. The van der Waals surface area contributed by atoms with Crippen LogP contribution in [0.5, 0.6) is 0 Å². The Morgan fingerprint density at radius 3 is 2.72 bits per heavy atom. The van der Waals surface area contributed by atoms with E-state index in [1.54, 1.807) is 0 Å². The summed E-state index contributed by atoms with van der Waals surface area (Å²) in [6.45, 7) is 0.423. The average Bonchev–Trinajstić information content (AvgIpc) is 2.75. The third-order valence-corrected chi connectivity index (χ3v) is 2.92. The molecule has 0 spiro atoms. The van der Waals surface area contributed by atoms with Gasteiger partial charge >= 0.3 is 5.69 Å². The molecule has 1 aliphatic rings. The smallest absolute Gasteiger partial charge is 0.346 e. The minimum absolute atomic E-state index is 0.00115. The largest absolute Gasteiger partial charge is 0.362 e. The third kappa shape index (κ3) is 2.27. The zero-order valence-electron chi connectivity index (χ0n) is 10.3. The van der Waals surface area contributed by atoms with Crippen LogP contribution in [0.25, 0.3) is 0 Å². The molecular formula is C10H15N5O3. The number of hydrogen-bond donors (Lipinski definition) is 2. The summed E-state index contributed by atoms with van der Waals surface area (Å²) in [6.07, 6.45) is 1.24. The Balaban J connectivity index is 2.13. The van der Waals surface area contributed by atoms with E-state index in [-0.39, 0.29) is 17.8 Å². The van der Waals surface area contributed by atoms with Gasteiger partial charge in [-0.1, -0.05) is 0 Å². The maximum absolute atomic E-state index is 11.7. The van der Waals surface area contributed by atoms with Crippen molar-refractivity contribution in [1.29, 1.82) is 0 Å². The van der Waals surface area contributed by atoms with E-state index in [2.05, 4.69) is 15.7 Å². The van der Waals surface area contributed by atoms with Gasteiger partial charge in [-0.05, 0) is 6.42 Å². The minimum atomic E-state index is -0.472. The molecule has 1 atom stereocenters. The van der Waals surface area contributed by atoms with Gasteiger partial charge in [-0.15, -0.1) is 5.10 Å². The second kappa shape index (κ2) is 4.63. The van der Waals surface area contributed by atoms with Crippen LogP contribution >= 0.6 is 0 Å². The summed E-state index contributed by atoms with van der Waals surface area (Å²) < 4.78 is 2.08. The van der Waals surface area contributed by atoms with Crippen molar-refractivity contribution in [3.05, 3.63) is 20.8 Å². The highest BCUT2D eigenvalue weighted by molar-refractivity contribution is 5.78. The van der Waals surface area contributed by atoms with Crippen LogP contribution < -0.4 is 21.9 Å². The van der Waals surface area contributed by atoms with Crippen LogP contribution in [0.1, 0.15) is 12.8 Å². The highest BCUT2D eigenvalue weighted by Gasteiger charge is 2.21. The predicted molar refractivity (Wildman–Crippen MR) is 64.4 cm³/mol. The molecule has 1 aromatic rings. The van der Waals surface area contributed by atoms with Crippen molar-refractivity contribution < 1.29 is 4.79 Å². The van der Waals surface area contributed by atoms with Crippen LogP contribution in [0.3, 0.4) is 0 Å². The second-order valence-electron chi connectivity index (χ2n) is 4.30. The Morgan fingerprint density at radius 1 is 1.39 bits per heavy atom. The van der Waals surface area contributed by atoms with Crippen LogP contribution in [0.4, 0.5) is 5.82 Å². The average molecular weight is 253 g/mol. The molecule has 0 saturated carbocycles. The van der Waals surface area contributed by atoms with Crippen molar-refractivity contribution in [2.75, 3.05) is 11.9 Å². The summed E-state index contributed by atoms with van der Waals surface area (Å²) >= 11 is 0. The molecule has 1 unspecified atom stereocenters. The van der Waals surface area contributed by atoms with E-state index in [1.165, 1.54) is 14.1 Å². The van der Waals surface area contributed by atoms with E-state index in [9.17, 15) is 14.4 Å². The summed E-state index contributed by atoms with van der Waals surface area (Å²) in [4.78, 5) is 34.2. The van der Waals surface area contributed by atoms with Crippen LogP contribution in [0.2, 0.25) is 0 Å². The van der Waals surface area contributed by atoms with Crippen LogP contribution in [-0.4, -0.2) is 32.8 Å². The summed E-state index contributed by atoms with van der Waals surface area (Å²) in [6, 6.07) is 0.00115. The van der Waals surface area contributed by atoms with Crippen molar-refractivity contribution >= 4 is 11.7 Å². The Labute approximate surface area is 103 Å². The highest BCUT2D eigenvalue weighted by Crippen LogP contribution is 2.06. The lowest BCUT2D eigenvalue weighted by Gasteiger charge is -2.12. The van der Waals surface area contributed by atoms with Gasteiger partial charge in [-0.3, -0.25) is 14.2 Å². The van der Waals surface area contributed by atoms with E-state index in [4.69, 9.17) is 0 Å². The summed E-state index contributed by atoms with van der Waals surface area (Å²) in [5, 5.41) is 9.50. The van der Waals surface area contributed by atoms with Gasteiger partial charge in [0.25, 0.3) is 5.56 Å². The molecule has 2 heterocycles. The number of nitrogens with one attached hydrogen (secondary N) is 2. The minimum Gasteiger partial charge on any atom is -0.362 e. The number of nitrogens with zero attached hydrogens (tertiary/aromatic N) is 3. The van der Waals surface area contributed by atoms with Crippen molar-refractivity contribution in [1.82, 2.24) is 19.7 Å². The lowest BCUT2D eigenvalue weighted by molar-refractivity contribution is -0.119. The summed E-state index contributed by atoms with van der Waals surface area (Å²) in [5.74, 6) is 0.129. The SMILES string of the molecule is Cn1nc(NCC2CCC(=O)N2)c(=O)n(C)c1=O. The second-order valence-corrected chi connectivity index (χ2v) is 4.30. The molecule has 18 heavy (non-hydrogen) atoms. The molecule has 1 saturated heterocycles. The first-order valence-electron chi connectivity index (χ1n) is 5.66. The lowest BCUT2D eigenvalue weighted by atomic mass is 10.2. The number of aromatic nitrogens is 3. The fraction of sp³-hybridized carbons (Fsp3) is 0.600. The quantitative estimate of drug-likeness (QED) is 0.660. The van der Waals surface area contributed by atoms with Crippen LogP contribution in [0.15, 0.2) is 9.59 Å². The Kier molecular flexibility index (Phi) is 3.17. The zero-order valence-corrected chi connectivity index (χ0v) is 10.3. The van der Waals surface area contributed by atoms with Gasteiger partial charge in [-0.25, -0.2) is 9.48 Å². The molecule has 2 rings (SSSR count). The van der Waals surface area contributed by atoms with E-state index >= 15 is 0 Å². The number of amides is 1. The Bertz CT molecular complexity index is 588. The maximum Gasteiger partial charge on any atom is 0.346 e. The van der Waals surface area contributed by atoms with Gasteiger partial charge in [-0.2, -0.15) is 0 Å². The van der Waals surface area contributed by atoms with E-state index in [1.807, 2.05) is 0 Å². The number of aryl methyl sites for hydroxylation is 1. The van der Waals surface area contributed by atoms with E-state index in [0.717, 1.165) is 15.7 Å². The third-order valence-electron chi connectivity index (χ3n) is 2.92. The molecule has 1 aliphatic heterocycles. The molecule has 0 aromatic carbocycles. The van der Waals surface area contributed by atoms with Crippen molar-refractivity contribution in [3.8, 4) is 0 Å². The van der Waals surface area contributed by atoms with Crippen LogP contribution in [0, 0.1) is 0 Å². The first kappa shape index (κ1) is 12.3. The molecule has 1 fully saturated rings. The number of hydrogen-bond acceptors (Lipinski definition) is 5. The first-order chi connectivity index (χ1) is 8.49. The van der Waals surface area contributed by atoms with Gasteiger partial charge in [0.05, 0.1) is 0 Å². The summed E-state index contributed by atoms with van der Waals surface area (Å²) in [7, 11) is 2.87. The van der Waals surface area contributed by atoms with E-state index in [0.29, 0.717) is 13.0 Å². The van der Waals surface area contributed by atoms with Gasteiger partial charge in [0.15, 0.2) is 0 Å².